The van der Waals surface area contributed by atoms with Crippen molar-refractivity contribution < 1.29 is 4.42 Å². The smallest absolute Gasteiger partial charge is 0.266 e. The first kappa shape index (κ1) is 13.0. The van der Waals surface area contributed by atoms with E-state index in [2.05, 4.69) is 20.2 Å². The van der Waals surface area contributed by atoms with E-state index < -0.39 is 0 Å². The van der Waals surface area contributed by atoms with Gasteiger partial charge in [0.1, 0.15) is 0 Å². The van der Waals surface area contributed by atoms with Crippen molar-refractivity contribution in [2.75, 3.05) is 11.4 Å². The maximum absolute atomic E-state index is 11.9. The van der Waals surface area contributed by atoms with E-state index in [0.717, 1.165) is 36.2 Å². The number of anilines is 1. The number of rotatable bonds is 3. The first-order valence-electron chi connectivity index (χ1n) is 7.30. The van der Waals surface area contributed by atoms with Crippen molar-refractivity contribution in [1.29, 1.82) is 0 Å². The van der Waals surface area contributed by atoms with Gasteiger partial charge in [0, 0.05) is 24.2 Å². The van der Waals surface area contributed by atoms with E-state index >= 15 is 0 Å². The minimum absolute atomic E-state index is 0.0864. The van der Waals surface area contributed by atoms with E-state index in [4.69, 9.17) is 4.42 Å². The molecular weight excluding hydrogens is 282 g/mol. The van der Waals surface area contributed by atoms with Gasteiger partial charge in [-0.3, -0.25) is 4.79 Å². The molecule has 4 heterocycles. The largest absolute Gasteiger partial charge is 0.460 e. The summed E-state index contributed by atoms with van der Waals surface area (Å²) in [5, 5.41) is 13.4. The summed E-state index contributed by atoms with van der Waals surface area (Å²) in [6.07, 6.45) is 7.00. The lowest BCUT2D eigenvalue weighted by Crippen LogP contribution is -2.37. The number of hydrogen-bond donors (Lipinski definition) is 0. The van der Waals surface area contributed by atoms with Gasteiger partial charge in [-0.1, -0.05) is 0 Å². The van der Waals surface area contributed by atoms with E-state index in [-0.39, 0.29) is 11.6 Å². The van der Waals surface area contributed by atoms with Gasteiger partial charge in [-0.15, -0.1) is 5.10 Å². The number of hydrogen-bond acceptors (Lipinski definition) is 6. The Hall–Kier alpha value is -2.70. The third kappa shape index (κ3) is 2.14. The Balaban J connectivity index is 1.68. The van der Waals surface area contributed by atoms with Crippen LogP contribution in [0.3, 0.4) is 0 Å². The summed E-state index contributed by atoms with van der Waals surface area (Å²) in [5.41, 5.74) is 0.659. The van der Waals surface area contributed by atoms with Gasteiger partial charge >= 0.3 is 0 Å². The zero-order valence-electron chi connectivity index (χ0n) is 11.9. The zero-order chi connectivity index (χ0) is 14.9. The van der Waals surface area contributed by atoms with Crippen molar-refractivity contribution in [3.8, 4) is 0 Å². The lowest BCUT2D eigenvalue weighted by Gasteiger charge is -2.25. The van der Waals surface area contributed by atoms with Crippen LogP contribution in [0, 0.1) is 0 Å². The second-order valence-electron chi connectivity index (χ2n) is 5.41. The fourth-order valence-electron chi connectivity index (χ4n) is 3.01. The molecule has 7 heteroatoms. The SMILES string of the molecule is O=c1cccnn1CC1CCCN1c1nncc2ccoc12. The van der Waals surface area contributed by atoms with Gasteiger partial charge in [0.05, 0.1) is 25.0 Å². The van der Waals surface area contributed by atoms with E-state index in [9.17, 15) is 4.79 Å². The zero-order valence-corrected chi connectivity index (χ0v) is 11.9. The van der Waals surface area contributed by atoms with E-state index in [1.807, 2.05) is 6.07 Å². The number of nitrogens with zero attached hydrogens (tertiary/aromatic N) is 5. The number of fused-ring (bicyclic) bond motifs is 1. The van der Waals surface area contributed by atoms with Gasteiger partial charge in [-0.05, 0) is 25.0 Å². The molecule has 1 saturated heterocycles. The van der Waals surface area contributed by atoms with Crippen LogP contribution in [0.4, 0.5) is 5.82 Å². The summed E-state index contributed by atoms with van der Waals surface area (Å²) in [6, 6.07) is 5.22. The molecule has 1 aliphatic heterocycles. The Kier molecular flexibility index (Phi) is 3.10. The molecule has 22 heavy (non-hydrogen) atoms. The fraction of sp³-hybridized carbons (Fsp3) is 0.333. The molecule has 4 rings (SSSR count). The maximum Gasteiger partial charge on any atom is 0.266 e. The first-order chi connectivity index (χ1) is 10.8. The van der Waals surface area contributed by atoms with E-state index in [0.29, 0.717) is 6.54 Å². The average Bonchev–Trinajstić information content (AvgIpc) is 3.18. The van der Waals surface area contributed by atoms with Crippen LogP contribution >= 0.6 is 0 Å². The quantitative estimate of drug-likeness (QED) is 0.728. The molecule has 0 radical (unpaired) electrons. The predicted molar refractivity (Wildman–Crippen MR) is 80.7 cm³/mol. The second-order valence-corrected chi connectivity index (χ2v) is 5.41. The summed E-state index contributed by atoms with van der Waals surface area (Å²) in [6.45, 7) is 1.42. The molecular formula is C15H15N5O2. The fourth-order valence-corrected chi connectivity index (χ4v) is 3.01. The van der Waals surface area contributed by atoms with Gasteiger partial charge in [0.25, 0.3) is 5.56 Å². The van der Waals surface area contributed by atoms with Gasteiger partial charge < -0.3 is 9.32 Å². The van der Waals surface area contributed by atoms with Crippen LogP contribution < -0.4 is 10.5 Å². The van der Waals surface area contributed by atoms with Gasteiger partial charge in [0.15, 0.2) is 11.4 Å². The lowest BCUT2D eigenvalue weighted by molar-refractivity contribution is 0.485. The molecule has 1 fully saturated rings. The van der Waals surface area contributed by atoms with Crippen molar-refractivity contribution in [3.63, 3.8) is 0 Å². The van der Waals surface area contributed by atoms with Crippen LogP contribution in [0.25, 0.3) is 11.0 Å². The Morgan fingerprint density at radius 2 is 2.32 bits per heavy atom. The van der Waals surface area contributed by atoms with Crippen molar-refractivity contribution >= 4 is 16.8 Å². The highest BCUT2D eigenvalue weighted by Crippen LogP contribution is 2.30. The summed E-state index contributed by atoms with van der Waals surface area (Å²) >= 11 is 0. The van der Waals surface area contributed by atoms with E-state index in [1.54, 1.807) is 24.7 Å². The van der Waals surface area contributed by atoms with Gasteiger partial charge in [-0.25, -0.2) is 4.68 Å². The topological polar surface area (TPSA) is 77.1 Å². The monoisotopic (exact) mass is 297 g/mol. The van der Waals surface area contributed by atoms with Crippen LogP contribution in [0.1, 0.15) is 12.8 Å². The van der Waals surface area contributed by atoms with Crippen molar-refractivity contribution in [2.24, 2.45) is 0 Å². The van der Waals surface area contributed by atoms with Crippen LogP contribution in [-0.2, 0) is 6.54 Å². The first-order valence-corrected chi connectivity index (χ1v) is 7.30. The molecule has 7 nitrogen and oxygen atoms in total. The molecule has 0 bridgehead atoms. The summed E-state index contributed by atoms with van der Waals surface area (Å²) in [5.74, 6) is 0.744. The highest BCUT2D eigenvalue weighted by molar-refractivity contribution is 5.86. The average molecular weight is 297 g/mol. The van der Waals surface area contributed by atoms with Gasteiger partial charge in [-0.2, -0.15) is 10.2 Å². The van der Waals surface area contributed by atoms with Crippen molar-refractivity contribution in [3.05, 3.63) is 47.2 Å². The molecule has 0 N–H and O–H groups in total. The predicted octanol–water partition coefficient (Wildman–Crippen LogP) is 1.45. The Morgan fingerprint density at radius 1 is 1.36 bits per heavy atom. The van der Waals surface area contributed by atoms with Crippen molar-refractivity contribution in [2.45, 2.75) is 25.4 Å². The van der Waals surface area contributed by atoms with Gasteiger partial charge in [0.2, 0.25) is 0 Å². The van der Waals surface area contributed by atoms with Crippen LogP contribution in [0.5, 0.6) is 0 Å². The van der Waals surface area contributed by atoms with Crippen LogP contribution in [0.15, 0.2) is 46.1 Å². The molecule has 0 aromatic carbocycles. The third-order valence-electron chi connectivity index (χ3n) is 4.07. The molecule has 0 amide bonds. The van der Waals surface area contributed by atoms with Crippen molar-refractivity contribution in [1.82, 2.24) is 20.0 Å². The van der Waals surface area contributed by atoms with E-state index in [1.165, 1.54) is 10.7 Å². The second kappa shape index (κ2) is 5.25. The normalized spacial score (nSPS) is 18.2. The number of furan rings is 1. The molecule has 0 aliphatic carbocycles. The Morgan fingerprint density at radius 3 is 3.23 bits per heavy atom. The summed E-state index contributed by atoms with van der Waals surface area (Å²) < 4.78 is 7.05. The molecule has 1 unspecified atom stereocenters. The summed E-state index contributed by atoms with van der Waals surface area (Å²) in [7, 11) is 0. The molecule has 0 saturated carbocycles. The highest BCUT2D eigenvalue weighted by atomic mass is 16.3. The van der Waals surface area contributed by atoms with Crippen LogP contribution in [-0.4, -0.2) is 32.6 Å². The molecule has 3 aromatic rings. The minimum atomic E-state index is -0.0864. The summed E-state index contributed by atoms with van der Waals surface area (Å²) in [4.78, 5) is 14.0. The number of aromatic nitrogens is 4. The molecule has 1 atom stereocenters. The minimum Gasteiger partial charge on any atom is -0.460 e. The highest BCUT2D eigenvalue weighted by Gasteiger charge is 2.29. The maximum atomic E-state index is 11.9. The molecule has 3 aromatic heterocycles. The Bertz CT molecular complexity index is 856. The van der Waals surface area contributed by atoms with Crippen LogP contribution in [0.2, 0.25) is 0 Å². The molecule has 0 spiro atoms. The Labute approximate surface area is 126 Å². The molecule has 1 aliphatic rings. The third-order valence-corrected chi connectivity index (χ3v) is 4.07. The lowest BCUT2D eigenvalue weighted by atomic mass is 10.2. The standard InChI is InChI=1S/C15H15N5O2/c21-13-4-1-6-17-20(13)10-12-3-2-7-19(12)15-14-11(5-8-22-14)9-16-18-15/h1,4-6,8-9,12H,2-3,7,10H2. The molecule has 112 valence electrons.